The standard InChI is InChI=1S/C12H13ClN2O2/c1-7-9(13)3-2-4-10(7)15-6-8(12(14)17)5-11(15)16/h2-4,8H,5-6H2,1H3,(H2,14,17). The number of halogens is 1. The molecule has 0 saturated carbocycles. The Labute approximate surface area is 104 Å². The molecular formula is C12H13ClN2O2. The summed E-state index contributed by atoms with van der Waals surface area (Å²) in [5.41, 5.74) is 6.82. The van der Waals surface area contributed by atoms with E-state index in [1.54, 1.807) is 17.0 Å². The number of hydrogen-bond donors (Lipinski definition) is 1. The fourth-order valence-electron chi connectivity index (χ4n) is 2.02. The lowest BCUT2D eigenvalue weighted by Crippen LogP contribution is -2.28. The minimum Gasteiger partial charge on any atom is -0.369 e. The van der Waals surface area contributed by atoms with Crippen LogP contribution in [0.2, 0.25) is 5.02 Å². The first-order chi connectivity index (χ1) is 8.00. The first-order valence-corrected chi connectivity index (χ1v) is 5.73. The molecule has 0 aromatic heterocycles. The van der Waals surface area contributed by atoms with Gasteiger partial charge in [-0.1, -0.05) is 17.7 Å². The van der Waals surface area contributed by atoms with Gasteiger partial charge < -0.3 is 10.6 Å². The van der Waals surface area contributed by atoms with E-state index in [4.69, 9.17) is 17.3 Å². The molecule has 5 heteroatoms. The topological polar surface area (TPSA) is 63.4 Å². The van der Waals surface area contributed by atoms with Crippen LogP contribution in [-0.2, 0) is 9.59 Å². The van der Waals surface area contributed by atoms with Crippen LogP contribution in [0.4, 0.5) is 5.69 Å². The first-order valence-electron chi connectivity index (χ1n) is 5.35. The summed E-state index contributed by atoms with van der Waals surface area (Å²) in [5.74, 6) is -0.916. The van der Waals surface area contributed by atoms with Gasteiger partial charge in [-0.05, 0) is 24.6 Å². The van der Waals surface area contributed by atoms with Crippen molar-refractivity contribution in [3.05, 3.63) is 28.8 Å². The predicted octanol–water partition coefficient (Wildman–Crippen LogP) is 1.49. The average molecular weight is 253 g/mol. The van der Waals surface area contributed by atoms with Crippen molar-refractivity contribution in [2.75, 3.05) is 11.4 Å². The number of nitrogens with zero attached hydrogens (tertiary/aromatic N) is 1. The second-order valence-corrected chi connectivity index (χ2v) is 4.60. The molecule has 1 fully saturated rings. The van der Waals surface area contributed by atoms with Gasteiger partial charge in [-0.15, -0.1) is 0 Å². The smallest absolute Gasteiger partial charge is 0.227 e. The zero-order valence-corrected chi connectivity index (χ0v) is 10.2. The number of anilines is 1. The van der Waals surface area contributed by atoms with E-state index in [1.165, 1.54) is 0 Å². The summed E-state index contributed by atoms with van der Waals surface area (Å²) in [5, 5.41) is 0.609. The highest BCUT2D eigenvalue weighted by molar-refractivity contribution is 6.31. The fourth-order valence-corrected chi connectivity index (χ4v) is 2.19. The summed E-state index contributed by atoms with van der Waals surface area (Å²) in [6.07, 6.45) is 0.182. The van der Waals surface area contributed by atoms with Gasteiger partial charge in [-0.2, -0.15) is 0 Å². The third kappa shape index (κ3) is 2.13. The number of hydrogen-bond acceptors (Lipinski definition) is 2. The zero-order valence-electron chi connectivity index (χ0n) is 9.44. The SMILES string of the molecule is Cc1c(Cl)cccc1N1CC(C(N)=O)CC1=O. The van der Waals surface area contributed by atoms with Crippen LogP contribution < -0.4 is 10.6 Å². The van der Waals surface area contributed by atoms with Gasteiger partial charge in [0.25, 0.3) is 0 Å². The number of carbonyl (C=O) groups excluding carboxylic acids is 2. The molecule has 1 aliphatic heterocycles. The molecule has 1 aromatic rings. The second kappa shape index (κ2) is 4.37. The molecule has 1 heterocycles. The average Bonchev–Trinajstić information content (AvgIpc) is 2.65. The van der Waals surface area contributed by atoms with Crippen molar-refractivity contribution in [2.24, 2.45) is 11.7 Å². The van der Waals surface area contributed by atoms with Crippen LogP contribution in [0.5, 0.6) is 0 Å². The van der Waals surface area contributed by atoms with Crippen LogP contribution in [0, 0.1) is 12.8 Å². The molecule has 1 aromatic carbocycles. The molecule has 2 N–H and O–H groups in total. The molecule has 0 bridgehead atoms. The lowest BCUT2D eigenvalue weighted by molar-refractivity contribution is -0.123. The van der Waals surface area contributed by atoms with E-state index >= 15 is 0 Å². The Balaban J connectivity index is 2.32. The Morgan fingerprint density at radius 2 is 2.24 bits per heavy atom. The molecule has 1 unspecified atom stereocenters. The molecular weight excluding hydrogens is 240 g/mol. The van der Waals surface area contributed by atoms with Crippen LogP contribution in [-0.4, -0.2) is 18.4 Å². The highest BCUT2D eigenvalue weighted by Crippen LogP contribution is 2.31. The highest BCUT2D eigenvalue weighted by Gasteiger charge is 2.34. The molecule has 17 heavy (non-hydrogen) atoms. The van der Waals surface area contributed by atoms with Crippen LogP contribution >= 0.6 is 11.6 Å². The molecule has 1 atom stereocenters. The lowest BCUT2D eigenvalue weighted by Gasteiger charge is -2.19. The van der Waals surface area contributed by atoms with Crippen LogP contribution in [0.15, 0.2) is 18.2 Å². The molecule has 0 spiro atoms. The Morgan fingerprint density at radius 1 is 1.53 bits per heavy atom. The molecule has 0 aliphatic carbocycles. The molecule has 90 valence electrons. The number of carbonyl (C=O) groups is 2. The van der Waals surface area contributed by atoms with E-state index in [2.05, 4.69) is 0 Å². The Hall–Kier alpha value is -1.55. The van der Waals surface area contributed by atoms with Gasteiger partial charge in [0, 0.05) is 23.7 Å². The third-order valence-electron chi connectivity index (χ3n) is 3.06. The fraction of sp³-hybridized carbons (Fsp3) is 0.333. The van der Waals surface area contributed by atoms with E-state index in [0.717, 1.165) is 11.3 Å². The largest absolute Gasteiger partial charge is 0.369 e. The molecule has 2 rings (SSSR count). The van der Waals surface area contributed by atoms with Crippen molar-refractivity contribution in [1.82, 2.24) is 0 Å². The quantitative estimate of drug-likeness (QED) is 0.867. The summed E-state index contributed by atoms with van der Waals surface area (Å²) in [6.45, 7) is 2.19. The summed E-state index contributed by atoms with van der Waals surface area (Å²) in [6, 6.07) is 5.38. The van der Waals surface area contributed by atoms with Gasteiger partial charge in [0.2, 0.25) is 11.8 Å². The van der Waals surface area contributed by atoms with Crippen molar-refractivity contribution >= 4 is 29.1 Å². The van der Waals surface area contributed by atoms with Gasteiger partial charge >= 0.3 is 0 Å². The van der Waals surface area contributed by atoms with E-state index < -0.39 is 11.8 Å². The summed E-state index contributed by atoms with van der Waals surface area (Å²) in [7, 11) is 0. The zero-order chi connectivity index (χ0) is 12.6. The molecule has 4 nitrogen and oxygen atoms in total. The summed E-state index contributed by atoms with van der Waals surface area (Å²) in [4.78, 5) is 24.5. The van der Waals surface area contributed by atoms with Gasteiger partial charge in [0.15, 0.2) is 0 Å². The van der Waals surface area contributed by atoms with E-state index in [-0.39, 0.29) is 12.3 Å². The molecule has 1 aliphatic rings. The summed E-state index contributed by atoms with van der Waals surface area (Å²) < 4.78 is 0. The number of primary amides is 1. The normalized spacial score (nSPS) is 19.8. The van der Waals surface area contributed by atoms with Crippen LogP contribution in [0.1, 0.15) is 12.0 Å². The summed E-state index contributed by atoms with van der Waals surface area (Å²) >= 11 is 6.01. The van der Waals surface area contributed by atoms with Crippen molar-refractivity contribution in [3.63, 3.8) is 0 Å². The highest BCUT2D eigenvalue weighted by atomic mass is 35.5. The van der Waals surface area contributed by atoms with Crippen molar-refractivity contribution in [2.45, 2.75) is 13.3 Å². The van der Waals surface area contributed by atoms with Gasteiger partial charge in [0.1, 0.15) is 0 Å². The Morgan fingerprint density at radius 3 is 2.82 bits per heavy atom. The minimum absolute atomic E-state index is 0.0841. The van der Waals surface area contributed by atoms with Crippen LogP contribution in [0.3, 0.4) is 0 Å². The predicted molar refractivity (Wildman–Crippen MR) is 65.8 cm³/mol. The van der Waals surface area contributed by atoms with Crippen molar-refractivity contribution in [1.29, 1.82) is 0 Å². The van der Waals surface area contributed by atoms with Crippen molar-refractivity contribution < 1.29 is 9.59 Å². The molecule has 1 saturated heterocycles. The minimum atomic E-state index is -0.430. The van der Waals surface area contributed by atoms with E-state index in [0.29, 0.717) is 11.6 Å². The number of amides is 2. The van der Waals surface area contributed by atoms with Crippen LogP contribution in [0.25, 0.3) is 0 Å². The number of rotatable bonds is 2. The second-order valence-electron chi connectivity index (χ2n) is 4.19. The van der Waals surface area contributed by atoms with Gasteiger partial charge in [0.05, 0.1) is 5.92 Å². The molecule has 2 amide bonds. The Bertz CT molecular complexity index is 487. The maximum absolute atomic E-state index is 11.8. The molecule has 0 radical (unpaired) electrons. The number of nitrogens with two attached hydrogens (primary N) is 1. The van der Waals surface area contributed by atoms with E-state index in [1.807, 2.05) is 13.0 Å². The number of benzene rings is 1. The maximum Gasteiger partial charge on any atom is 0.227 e. The Kier molecular flexibility index (Phi) is 3.07. The maximum atomic E-state index is 11.8. The third-order valence-corrected chi connectivity index (χ3v) is 3.47. The lowest BCUT2D eigenvalue weighted by atomic mass is 10.1. The van der Waals surface area contributed by atoms with Gasteiger partial charge in [-0.25, -0.2) is 0 Å². The van der Waals surface area contributed by atoms with Crippen molar-refractivity contribution in [3.8, 4) is 0 Å². The van der Waals surface area contributed by atoms with E-state index in [9.17, 15) is 9.59 Å². The first kappa shape index (κ1) is 11.9. The monoisotopic (exact) mass is 252 g/mol. The van der Waals surface area contributed by atoms with Gasteiger partial charge in [-0.3, -0.25) is 9.59 Å².